The smallest absolute Gasteiger partial charge is 0.230 e. The minimum atomic E-state index is -0.143. The van der Waals surface area contributed by atoms with Crippen molar-refractivity contribution in [3.05, 3.63) is 64.7 Å². The minimum Gasteiger partial charge on any atom is -0.349 e. The fraction of sp³-hybridized carbons (Fsp3) is 0.211. The number of nitrogens with one attached hydrogen (secondary N) is 1. The summed E-state index contributed by atoms with van der Waals surface area (Å²) in [5, 5.41) is 12.3. The fourth-order valence-corrected chi connectivity index (χ4v) is 3.52. The molecule has 27 heavy (non-hydrogen) atoms. The minimum absolute atomic E-state index is 0.118. The summed E-state index contributed by atoms with van der Waals surface area (Å²) in [5.74, 6) is 6.77. The highest BCUT2D eigenvalue weighted by molar-refractivity contribution is 7.99. The maximum Gasteiger partial charge on any atom is 0.230 e. The SMILES string of the molecule is Cc1ccccc1-c1nnc(SCC(=O)N[C@@H](C)c2cccc(Cl)c2)n1N. The zero-order valence-corrected chi connectivity index (χ0v) is 16.6. The van der Waals surface area contributed by atoms with Crippen molar-refractivity contribution in [2.45, 2.75) is 25.0 Å². The summed E-state index contributed by atoms with van der Waals surface area (Å²) >= 11 is 7.24. The molecule has 1 aromatic heterocycles. The van der Waals surface area contributed by atoms with E-state index in [1.54, 1.807) is 6.07 Å². The summed E-state index contributed by atoms with van der Waals surface area (Å²) in [6.45, 7) is 3.90. The zero-order valence-electron chi connectivity index (χ0n) is 15.0. The van der Waals surface area contributed by atoms with E-state index in [-0.39, 0.29) is 17.7 Å². The second-order valence-corrected chi connectivity index (χ2v) is 7.50. The van der Waals surface area contributed by atoms with Gasteiger partial charge in [-0.05, 0) is 37.1 Å². The topological polar surface area (TPSA) is 85.8 Å². The predicted octanol–water partition coefficient (Wildman–Crippen LogP) is 3.59. The van der Waals surface area contributed by atoms with Gasteiger partial charge in [-0.25, -0.2) is 4.68 Å². The van der Waals surface area contributed by atoms with Crippen molar-refractivity contribution in [3.63, 3.8) is 0 Å². The molecular weight excluding hydrogens is 382 g/mol. The van der Waals surface area contributed by atoms with Crippen molar-refractivity contribution in [1.82, 2.24) is 20.2 Å². The predicted molar refractivity (Wildman–Crippen MR) is 109 cm³/mol. The number of aromatic nitrogens is 3. The van der Waals surface area contributed by atoms with Crippen LogP contribution in [0.4, 0.5) is 0 Å². The Kier molecular flexibility index (Phi) is 6.03. The monoisotopic (exact) mass is 401 g/mol. The highest BCUT2D eigenvalue weighted by Gasteiger charge is 2.16. The molecule has 0 unspecified atom stereocenters. The van der Waals surface area contributed by atoms with E-state index in [1.165, 1.54) is 16.4 Å². The first-order chi connectivity index (χ1) is 13.0. The Morgan fingerprint density at radius 1 is 1.26 bits per heavy atom. The average Bonchev–Trinajstić information content (AvgIpc) is 3.01. The van der Waals surface area contributed by atoms with Crippen LogP contribution in [0.5, 0.6) is 0 Å². The number of carbonyl (C=O) groups is 1. The number of hydrogen-bond acceptors (Lipinski definition) is 5. The van der Waals surface area contributed by atoms with E-state index >= 15 is 0 Å². The third kappa shape index (κ3) is 4.61. The van der Waals surface area contributed by atoms with Crippen molar-refractivity contribution in [3.8, 4) is 11.4 Å². The first-order valence-corrected chi connectivity index (χ1v) is 9.76. The van der Waals surface area contributed by atoms with Crippen LogP contribution in [0.15, 0.2) is 53.7 Å². The first kappa shape index (κ1) is 19.3. The van der Waals surface area contributed by atoms with Crippen molar-refractivity contribution in [2.75, 3.05) is 11.6 Å². The molecule has 8 heteroatoms. The van der Waals surface area contributed by atoms with Gasteiger partial charge < -0.3 is 11.2 Å². The Labute approximate surface area is 167 Å². The Morgan fingerprint density at radius 2 is 2.04 bits per heavy atom. The Bertz CT molecular complexity index is 959. The lowest BCUT2D eigenvalue weighted by atomic mass is 10.1. The molecule has 6 nitrogen and oxygen atoms in total. The van der Waals surface area contributed by atoms with Gasteiger partial charge in [0.05, 0.1) is 11.8 Å². The van der Waals surface area contributed by atoms with Crippen molar-refractivity contribution in [1.29, 1.82) is 0 Å². The Morgan fingerprint density at radius 3 is 2.78 bits per heavy atom. The quantitative estimate of drug-likeness (QED) is 0.487. The largest absolute Gasteiger partial charge is 0.349 e. The highest BCUT2D eigenvalue weighted by atomic mass is 35.5. The molecule has 3 aromatic rings. The molecule has 0 aliphatic rings. The number of nitrogens with two attached hydrogens (primary N) is 1. The molecular formula is C19H20ClN5OS. The van der Waals surface area contributed by atoms with Gasteiger partial charge in [-0.1, -0.05) is 59.8 Å². The number of carbonyl (C=O) groups excluding carboxylic acids is 1. The maximum absolute atomic E-state index is 12.3. The molecule has 1 heterocycles. The van der Waals surface area contributed by atoms with Gasteiger partial charge in [-0.3, -0.25) is 4.79 Å². The summed E-state index contributed by atoms with van der Waals surface area (Å²) in [7, 11) is 0. The molecule has 0 aliphatic carbocycles. The van der Waals surface area contributed by atoms with Crippen LogP contribution in [0.2, 0.25) is 5.02 Å². The van der Waals surface area contributed by atoms with Gasteiger partial charge in [-0.2, -0.15) is 0 Å². The molecule has 0 fully saturated rings. The summed E-state index contributed by atoms with van der Waals surface area (Å²) in [4.78, 5) is 12.3. The molecule has 2 aromatic carbocycles. The van der Waals surface area contributed by atoms with Gasteiger partial charge in [0.15, 0.2) is 5.82 Å². The number of rotatable bonds is 6. The second kappa shape index (κ2) is 8.45. The zero-order chi connectivity index (χ0) is 19.4. The molecule has 0 saturated heterocycles. The number of hydrogen-bond donors (Lipinski definition) is 2. The number of benzene rings is 2. The lowest BCUT2D eigenvalue weighted by molar-refractivity contribution is -0.119. The normalized spacial score (nSPS) is 12.0. The van der Waals surface area contributed by atoms with Crippen molar-refractivity contribution in [2.24, 2.45) is 0 Å². The molecule has 3 rings (SSSR count). The second-order valence-electron chi connectivity index (χ2n) is 6.12. The van der Waals surface area contributed by atoms with E-state index < -0.39 is 0 Å². The Balaban J connectivity index is 1.62. The number of thioether (sulfide) groups is 1. The highest BCUT2D eigenvalue weighted by Crippen LogP contribution is 2.24. The molecule has 140 valence electrons. The standard InChI is InChI=1S/C19H20ClN5OS/c1-12-6-3-4-9-16(12)18-23-24-19(25(18)21)27-11-17(26)22-13(2)14-7-5-8-15(20)10-14/h3-10,13H,11,21H2,1-2H3,(H,22,26)/t13-/m0/s1. The lowest BCUT2D eigenvalue weighted by Gasteiger charge is -2.14. The van der Waals surface area contributed by atoms with Gasteiger partial charge in [0.25, 0.3) is 0 Å². The lowest BCUT2D eigenvalue weighted by Crippen LogP contribution is -2.28. The van der Waals surface area contributed by atoms with E-state index in [4.69, 9.17) is 17.4 Å². The van der Waals surface area contributed by atoms with Crippen LogP contribution < -0.4 is 11.2 Å². The van der Waals surface area contributed by atoms with Crippen LogP contribution in [0.25, 0.3) is 11.4 Å². The third-order valence-corrected chi connectivity index (χ3v) is 5.29. The Hall–Kier alpha value is -2.51. The van der Waals surface area contributed by atoms with E-state index in [0.717, 1.165) is 16.7 Å². The molecule has 3 N–H and O–H groups in total. The van der Waals surface area contributed by atoms with Crippen LogP contribution in [-0.2, 0) is 4.79 Å². The third-order valence-electron chi connectivity index (χ3n) is 4.11. The molecule has 1 amide bonds. The van der Waals surface area contributed by atoms with Gasteiger partial charge in [0, 0.05) is 10.6 Å². The molecule has 0 radical (unpaired) electrons. The number of halogens is 1. The summed E-state index contributed by atoms with van der Waals surface area (Å²) in [6, 6.07) is 15.1. The number of amides is 1. The molecule has 0 aliphatic heterocycles. The van der Waals surface area contributed by atoms with Gasteiger partial charge in [0.1, 0.15) is 0 Å². The van der Waals surface area contributed by atoms with E-state index in [0.29, 0.717) is 16.0 Å². The fourth-order valence-electron chi connectivity index (χ4n) is 2.66. The van der Waals surface area contributed by atoms with E-state index in [2.05, 4.69) is 15.5 Å². The molecule has 0 bridgehead atoms. The van der Waals surface area contributed by atoms with Crippen LogP contribution in [0, 0.1) is 6.92 Å². The number of aryl methyl sites for hydroxylation is 1. The van der Waals surface area contributed by atoms with Crippen LogP contribution in [0.1, 0.15) is 24.1 Å². The number of nitrogens with zero attached hydrogens (tertiary/aromatic N) is 3. The summed E-state index contributed by atoms with van der Waals surface area (Å²) in [5.41, 5.74) is 2.92. The molecule has 0 saturated carbocycles. The summed E-state index contributed by atoms with van der Waals surface area (Å²) in [6.07, 6.45) is 0. The van der Waals surface area contributed by atoms with E-state index in [1.807, 2.05) is 56.3 Å². The molecule has 1 atom stereocenters. The van der Waals surface area contributed by atoms with Crippen LogP contribution in [0.3, 0.4) is 0 Å². The first-order valence-electron chi connectivity index (χ1n) is 8.40. The van der Waals surface area contributed by atoms with Gasteiger partial charge in [-0.15, -0.1) is 10.2 Å². The van der Waals surface area contributed by atoms with Gasteiger partial charge >= 0.3 is 0 Å². The van der Waals surface area contributed by atoms with Crippen molar-refractivity contribution >= 4 is 29.3 Å². The number of nitrogen functional groups attached to an aromatic ring is 1. The van der Waals surface area contributed by atoms with Crippen molar-refractivity contribution < 1.29 is 4.79 Å². The average molecular weight is 402 g/mol. The van der Waals surface area contributed by atoms with Crippen LogP contribution in [-0.4, -0.2) is 26.5 Å². The van der Waals surface area contributed by atoms with Gasteiger partial charge in [0.2, 0.25) is 11.1 Å². The maximum atomic E-state index is 12.3. The van der Waals surface area contributed by atoms with E-state index in [9.17, 15) is 4.79 Å². The molecule has 0 spiro atoms. The van der Waals surface area contributed by atoms with Crippen LogP contribution >= 0.6 is 23.4 Å². The summed E-state index contributed by atoms with van der Waals surface area (Å²) < 4.78 is 1.42.